The predicted octanol–water partition coefficient (Wildman–Crippen LogP) is 3.34. The molecule has 0 spiro atoms. The number of benzene rings is 2. The number of carbonyl (C=O) groups is 2. The Hall–Kier alpha value is -3.42. The first-order valence-corrected chi connectivity index (χ1v) is 10.5. The molecule has 0 aliphatic carbocycles. The molecule has 164 valence electrons. The summed E-state index contributed by atoms with van der Waals surface area (Å²) in [5.74, 6) is 2.23. The third-order valence-electron chi connectivity index (χ3n) is 5.50. The number of ether oxygens (including phenoxy) is 3. The van der Waals surface area contributed by atoms with E-state index in [0.29, 0.717) is 18.9 Å². The van der Waals surface area contributed by atoms with Crippen LogP contribution in [0.25, 0.3) is 0 Å². The summed E-state index contributed by atoms with van der Waals surface area (Å²) in [6.07, 6.45) is 2.12. The van der Waals surface area contributed by atoms with Crippen LogP contribution in [-0.4, -0.2) is 50.3 Å². The third kappa shape index (κ3) is 5.02. The van der Waals surface area contributed by atoms with E-state index < -0.39 is 0 Å². The van der Waals surface area contributed by atoms with E-state index in [1.807, 2.05) is 23.1 Å². The fraction of sp³-hybridized carbons (Fsp3) is 0.391. The molecule has 1 fully saturated rings. The van der Waals surface area contributed by atoms with Crippen LogP contribution in [0.3, 0.4) is 0 Å². The first-order chi connectivity index (χ1) is 15.1. The number of nitrogens with one attached hydrogen (secondary N) is 2. The number of likely N-dealkylation sites (tertiary alicyclic amines) is 1. The van der Waals surface area contributed by atoms with Crippen LogP contribution in [0, 0.1) is 0 Å². The number of rotatable bonds is 6. The number of carbonyl (C=O) groups excluding carboxylic acids is 2. The maximum Gasteiger partial charge on any atom is 0.319 e. The zero-order valence-corrected chi connectivity index (χ0v) is 17.6. The number of methoxy groups -OCH3 is 1. The van der Waals surface area contributed by atoms with E-state index in [1.54, 1.807) is 31.4 Å². The number of nitrogens with zero attached hydrogens (tertiary/aromatic N) is 1. The average Bonchev–Trinajstić information content (AvgIpc) is 3.29. The lowest BCUT2D eigenvalue weighted by molar-refractivity contribution is -0.132. The summed E-state index contributed by atoms with van der Waals surface area (Å²) in [7, 11) is 1.59. The summed E-state index contributed by atoms with van der Waals surface area (Å²) in [6, 6.07) is 12.6. The van der Waals surface area contributed by atoms with Gasteiger partial charge in [0.05, 0.1) is 13.2 Å². The molecule has 4 rings (SSSR count). The van der Waals surface area contributed by atoms with Crippen molar-refractivity contribution < 1.29 is 23.8 Å². The normalized spacial score (nSPS) is 17.2. The van der Waals surface area contributed by atoms with Gasteiger partial charge in [0.2, 0.25) is 5.91 Å². The van der Waals surface area contributed by atoms with Gasteiger partial charge >= 0.3 is 6.03 Å². The van der Waals surface area contributed by atoms with Gasteiger partial charge in [-0.1, -0.05) is 6.07 Å². The third-order valence-corrected chi connectivity index (χ3v) is 5.50. The lowest BCUT2D eigenvalue weighted by atomic mass is 10.0. The molecule has 2 aromatic rings. The summed E-state index contributed by atoms with van der Waals surface area (Å²) in [4.78, 5) is 26.8. The van der Waals surface area contributed by atoms with E-state index in [0.717, 1.165) is 42.2 Å². The van der Waals surface area contributed by atoms with E-state index in [4.69, 9.17) is 14.2 Å². The second kappa shape index (κ2) is 9.59. The van der Waals surface area contributed by atoms with Gasteiger partial charge in [-0.25, -0.2) is 4.79 Å². The highest BCUT2D eigenvalue weighted by Crippen LogP contribution is 2.38. The second-order valence-electron chi connectivity index (χ2n) is 7.51. The van der Waals surface area contributed by atoms with Crippen LogP contribution in [0.1, 0.15) is 30.9 Å². The van der Waals surface area contributed by atoms with Crippen LogP contribution in [0.4, 0.5) is 10.5 Å². The van der Waals surface area contributed by atoms with Crippen LogP contribution in [0.15, 0.2) is 42.5 Å². The van der Waals surface area contributed by atoms with Crippen molar-refractivity contribution in [1.82, 2.24) is 10.2 Å². The van der Waals surface area contributed by atoms with E-state index in [9.17, 15) is 9.59 Å². The van der Waals surface area contributed by atoms with Crippen molar-refractivity contribution in [2.45, 2.75) is 25.3 Å². The zero-order chi connectivity index (χ0) is 21.6. The van der Waals surface area contributed by atoms with Gasteiger partial charge in [-0.15, -0.1) is 0 Å². The Morgan fingerprint density at radius 1 is 1.10 bits per heavy atom. The molecule has 3 amide bonds. The van der Waals surface area contributed by atoms with E-state index >= 15 is 0 Å². The topological polar surface area (TPSA) is 89.1 Å². The minimum Gasteiger partial charge on any atom is -0.497 e. The first kappa shape index (κ1) is 20.8. The van der Waals surface area contributed by atoms with E-state index in [-0.39, 0.29) is 30.9 Å². The van der Waals surface area contributed by atoms with Crippen LogP contribution >= 0.6 is 0 Å². The monoisotopic (exact) mass is 425 g/mol. The van der Waals surface area contributed by atoms with Crippen LogP contribution in [0.5, 0.6) is 17.2 Å². The molecule has 0 aromatic heterocycles. The van der Waals surface area contributed by atoms with Crippen LogP contribution in [-0.2, 0) is 4.79 Å². The summed E-state index contributed by atoms with van der Waals surface area (Å²) in [6.45, 7) is 2.08. The standard InChI is InChI=1S/C23H27N3O5/c1-29-18-7-5-17(6-8-18)25-23(28)24-11-10-22(27)26-12-2-3-19(26)16-4-9-20-21(15-16)31-14-13-30-20/h4-9,15,19H,2-3,10-14H2,1H3,(H2,24,25,28)/t19-/m1/s1. The number of hydrogen-bond donors (Lipinski definition) is 2. The van der Waals surface area contributed by atoms with Crippen LogP contribution < -0.4 is 24.8 Å². The molecule has 0 radical (unpaired) electrons. The van der Waals surface area contributed by atoms with Gasteiger partial charge in [-0.05, 0) is 54.8 Å². The SMILES string of the molecule is COc1ccc(NC(=O)NCCC(=O)N2CCC[C@@H]2c2ccc3c(c2)OCCO3)cc1. The number of hydrogen-bond acceptors (Lipinski definition) is 5. The molecule has 1 atom stereocenters. The highest BCUT2D eigenvalue weighted by atomic mass is 16.6. The summed E-state index contributed by atoms with van der Waals surface area (Å²) in [5, 5.41) is 5.49. The van der Waals surface area contributed by atoms with Crippen molar-refractivity contribution in [3.05, 3.63) is 48.0 Å². The van der Waals surface area contributed by atoms with Crippen molar-refractivity contribution in [3.8, 4) is 17.2 Å². The molecule has 31 heavy (non-hydrogen) atoms. The Labute approximate surface area is 181 Å². The minimum atomic E-state index is -0.345. The molecule has 8 heteroatoms. The quantitative estimate of drug-likeness (QED) is 0.741. The van der Waals surface area contributed by atoms with Crippen molar-refractivity contribution in [1.29, 1.82) is 0 Å². The highest BCUT2D eigenvalue weighted by Gasteiger charge is 2.30. The fourth-order valence-corrected chi connectivity index (χ4v) is 3.96. The molecule has 1 saturated heterocycles. The zero-order valence-electron chi connectivity index (χ0n) is 17.6. The van der Waals surface area contributed by atoms with Crippen molar-refractivity contribution in [2.24, 2.45) is 0 Å². The van der Waals surface area contributed by atoms with Gasteiger partial charge in [0.15, 0.2) is 11.5 Å². The summed E-state index contributed by atoms with van der Waals surface area (Å²) < 4.78 is 16.4. The van der Waals surface area contributed by atoms with E-state index in [1.165, 1.54) is 0 Å². The van der Waals surface area contributed by atoms with Crippen LogP contribution in [0.2, 0.25) is 0 Å². The van der Waals surface area contributed by atoms with Crippen molar-refractivity contribution in [2.75, 3.05) is 38.7 Å². The predicted molar refractivity (Wildman–Crippen MR) is 116 cm³/mol. The molecule has 2 N–H and O–H groups in total. The number of urea groups is 1. The maximum atomic E-state index is 12.8. The molecule has 2 aliphatic rings. The fourth-order valence-electron chi connectivity index (χ4n) is 3.96. The molecule has 8 nitrogen and oxygen atoms in total. The van der Waals surface area contributed by atoms with Gasteiger partial charge in [0.1, 0.15) is 19.0 Å². The van der Waals surface area contributed by atoms with E-state index in [2.05, 4.69) is 10.6 Å². The highest BCUT2D eigenvalue weighted by molar-refractivity contribution is 5.89. The Kier molecular flexibility index (Phi) is 6.45. The van der Waals surface area contributed by atoms with Gasteiger partial charge in [0, 0.05) is 25.2 Å². The minimum absolute atomic E-state index is 0.0245. The molecule has 2 heterocycles. The number of anilines is 1. The lowest BCUT2D eigenvalue weighted by Gasteiger charge is -2.27. The van der Waals surface area contributed by atoms with Gasteiger partial charge in [0.25, 0.3) is 0 Å². The smallest absolute Gasteiger partial charge is 0.319 e. The van der Waals surface area contributed by atoms with Crippen molar-refractivity contribution >= 4 is 17.6 Å². The Morgan fingerprint density at radius 3 is 2.65 bits per heavy atom. The molecule has 0 bridgehead atoms. The summed E-state index contributed by atoms with van der Waals surface area (Å²) in [5.41, 5.74) is 1.71. The van der Waals surface area contributed by atoms with Gasteiger partial charge < -0.3 is 29.7 Å². The number of amides is 3. The maximum absolute atomic E-state index is 12.8. The Morgan fingerprint density at radius 2 is 1.87 bits per heavy atom. The molecular weight excluding hydrogens is 398 g/mol. The number of fused-ring (bicyclic) bond motifs is 1. The largest absolute Gasteiger partial charge is 0.497 e. The molecule has 0 unspecified atom stereocenters. The van der Waals surface area contributed by atoms with Gasteiger partial charge in [-0.3, -0.25) is 4.79 Å². The molecular formula is C23H27N3O5. The second-order valence-corrected chi connectivity index (χ2v) is 7.51. The molecule has 2 aliphatic heterocycles. The molecule has 2 aromatic carbocycles. The van der Waals surface area contributed by atoms with Crippen molar-refractivity contribution in [3.63, 3.8) is 0 Å². The Balaban J connectivity index is 1.28. The summed E-state index contributed by atoms with van der Waals surface area (Å²) >= 11 is 0. The van der Waals surface area contributed by atoms with Gasteiger partial charge in [-0.2, -0.15) is 0 Å². The molecule has 0 saturated carbocycles. The lowest BCUT2D eigenvalue weighted by Crippen LogP contribution is -2.35. The average molecular weight is 425 g/mol. The first-order valence-electron chi connectivity index (χ1n) is 10.5. The Bertz CT molecular complexity index is 931.